The van der Waals surface area contributed by atoms with Crippen LogP contribution in [0.25, 0.3) is 0 Å². The lowest BCUT2D eigenvalue weighted by Gasteiger charge is -2.23. The molecule has 1 aliphatic heterocycles. The highest BCUT2D eigenvalue weighted by molar-refractivity contribution is 9.10. The van der Waals surface area contributed by atoms with E-state index in [1.54, 1.807) is 23.9 Å². The number of aliphatic imine (C=N–C) groups is 1. The first kappa shape index (κ1) is 12.9. The van der Waals surface area contributed by atoms with E-state index in [2.05, 4.69) is 40.1 Å². The summed E-state index contributed by atoms with van der Waals surface area (Å²) >= 11 is 4.90. The number of amidine groups is 1. The predicted molar refractivity (Wildman–Crippen MR) is 76.3 cm³/mol. The number of anilines is 1. The number of rotatable bonds is 1. The third-order valence-electron chi connectivity index (χ3n) is 2.49. The Morgan fingerprint density at radius 1 is 1.47 bits per heavy atom. The Bertz CT molecular complexity index is 450. The third kappa shape index (κ3) is 3.45. The molecule has 1 aliphatic rings. The van der Waals surface area contributed by atoms with Gasteiger partial charge in [-0.25, -0.2) is 4.39 Å². The summed E-state index contributed by atoms with van der Waals surface area (Å²) in [5.41, 5.74) is 0.853. The summed E-state index contributed by atoms with van der Waals surface area (Å²) in [5.74, 6) is -0.254. The van der Waals surface area contributed by atoms with Crippen molar-refractivity contribution in [2.75, 3.05) is 5.32 Å². The first-order valence-electron chi connectivity index (χ1n) is 5.51. The molecule has 0 aliphatic carbocycles. The van der Waals surface area contributed by atoms with E-state index in [0.29, 0.717) is 15.8 Å². The van der Waals surface area contributed by atoms with Crippen LogP contribution >= 0.6 is 27.7 Å². The van der Waals surface area contributed by atoms with Crippen LogP contribution in [0.1, 0.15) is 20.3 Å². The molecular formula is C12H14BrFN2S. The zero-order valence-electron chi connectivity index (χ0n) is 9.71. The topological polar surface area (TPSA) is 24.4 Å². The molecule has 0 amide bonds. The molecule has 0 radical (unpaired) electrons. The highest BCUT2D eigenvalue weighted by Gasteiger charge is 2.18. The Morgan fingerprint density at radius 2 is 2.24 bits per heavy atom. The predicted octanol–water partition coefficient (Wildman–Crippen LogP) is 4.27. The largest absolute Gasteiger partial charge is 0.335 e. The van der Waals surface area contributed by atoms with E-state index in [1.807, 2.05) is 0 Å². The molecule has 0 saturated carbocycles. The standard InChI is InChI=1S/C12H14BrFN2S/c1-7-5-8(2)17-12(15-7)16-9-3-4-11(14)10(13)6-9/h3-4,6-8H,5H2,1-2H3,(H,15,16). The number of thioether (sulfide) groups is 1. The van der Waals surface area contributed by atoms with Crippen LogP contribution in [0.5, 0.6) is 0 Å². The summed E-state index contributed by atoms with van der Waals surface area (Å²) in [6.07, 6.45) is 1.10. The number of nitrogens with one attached hydrogen (secondary N) is 1. The van der Waals surface area contributed by atoms with Gasteiger partial charge in [-0.15, -0.1) is 0 Å². The maximum atomic E-state index is 13.1. The highest BCUT2D eigenvalue weighted by Crippen LogP contribution is 2.27. The molecule has 2 unspecified atom stereocenters. The van der Waals surface area contributed by atoms with E-state index in [4.69, 9.17) is 0 Å². The molecule has 5 heteroatoms. The van der Waals surface area contributed by atoms with Gasteiger partial charge in [0, 0.05) is 10.9 Å². The van der Waals surface area contributed by atoms with Crippen molar-refractivity contribution in [3.63, 3.8) is 0 Å². The van der Waals surface area contributed by atoms with Crippen LogP contribution in [0.4, 0.5) is 10.1 Å². The van der Waals surface area contributed by atoms with Crippen LogP contribution in [0.15, 0.2) is 27.7 Å². The zero-order valence-corrected chi connectivity index (χ0v) is 12.1. The summed E-state index contributed by atoms with van der Waals surface area (Å²) in [4.78, 5) is 4.54. The van der Waals surface area contributed by atoms with Gasteiger partial charge >= 0.3 is 0 Å². The monoisotopic (exact) mass is 316 g/mol. The summed E-state index contributed by atoms with van der Waals surface area (Å²) in [6, 6.07) is 5.22. The van der Waals surface area contributed by atoms with Crippen molar-refractivity contribution in [3.8, 4) is 0 Å². The Labute approximate surface area is 113 Å². The molecule has 0 aromatic heterocycles. The fourth-order valence-electron chi connectivity index (χ4n) is 1.76. The van der Waals surface area contributed by atoms with Crippen LogP contribution in [-0.4, -0.2) is 16.5 Å². The van der Waals surface area contributed by atoms with Crippen molar-refractivity contribution in [1.29, 1.82) is 0 Å². The number of halogens is 2. The Kier molecular flexibility index (Phi) is 4.09. The normalized spacial score (nSPS) is 24.4. The number of hydrogen-bond acceptors (Lipinski definition) is 3. The minimum Gasteiger partial charge on any atom is -0.335 e. The first-order chi connectivity index (χ1) is 8.04. The lowest BCUT2D eigenvalue weighted by Crippen LogP contribution is -2.22. The van der Waals surface area contributed by atoms with Crippen molar-refractivity contribution >= 4 is 38.5 Å². The van der Waals surface area contributed by atoms with Crippen molar-refractivity contribution in [3.05, 3.63) is 28.5 Å². The molecular weight excluding hydrogens is 303 g/mol. The van der Waals surface area contributed by atoms with E-state index < -0.39 is 0 Å². The summed E-state index contributed by atoms with van der Waals surface area (Å²) in [5, 5.41) is 4.70. The molecule has 2 atom stereocenters. The van der Waals surface area contributed by atoms with Crippen LogP contribution in [-0.2, 0) is 0 Å². The molecule has 92 valence electrons. The molecule has 17 heavy (non-hydrogen) atoms. The molecule has 0 bridgehead atoms. The first-order valence-corrected chi connectivity index (χ1v) is 7.18. The Morgan fingerprint density at radius 3 is 2.88 bits per heavy atom. The lowest BCUT2D eigenvalue weighted by atomic mass is 10.2. The van der Waals surface area contributed by atoms with Gasteiger partial charge in [-0.3, -0.25) is 4.99 Å². The van der Waals surface area contributed by atoms with Gasteiger partial charge in [-0.2, -0.15) is 0 Å². The zero-order chi connectivity index (χ0) is 12.4. The summed E-state index contributed by atoms with van der Waals surface area (Å²) in [6.45, 7) is 4.30. The second kappa shape index (κ2) is 5.40. The summed E-state index contributed by atoms with van der Waals surface area (Å²) in [7, 11) is 0. The maximum absolute atomic E-state index is 13.1. The summed E-state index contributed by atoms with van der Waals surface area (Å²) < 4.78 is 13.6. The third-order valence-corrected chi connectivity index (χ3v) is 4.13. The van der Waals surface area contributed by atoms with Gasteiger partial charge in [0.15, 0.2) is 5.17 Å². The second-order valence-electron chi connectivity index (χ2n) is 4.20. The molecule has 0 spiro atoms. The van der Waals surface area contributed by atoms with Crippen LogP contribution in [0.2, 0.25) is 0 Å². The van der Waals surface area contributed by atoms with Gasteiger partial charge in [0.05, 0.1) is 10.5 Å². The number of nitrogens with zero attached hydrogens (tertiary/aromatic N) is 1. The van der Waals surface area contributed by atoms with Gasteiger partial charge in [-0.05, 0) is 47.5 Å². The maximum Gasteiger partial charge on any atom is 0.161 e. The molecule has 1 heterocycles. The molecule has 0 saturated heterocycles. The molecule has 2 rings (SSSR count). The minimum absolute atomic E-state index is 0.254. The van der Waals surface area contributed by atoms with E-state index >= 15 is 0 Å². The molecule has 2 nitrogen and oxygen atoms in total. The van der Waals surface area contributed by atoms with Crippen LogP contribution < -0.4 is 5.32 Å². The van der Waals surface area contributed by atoms with E-state index in [0.717, 1.165) is 17.3 Å². The molecule has 0 fully saturated rings. The Hall–Kier alpha value is -0.550. The highest BCUT2D eigenvalue weighted by atomic mass is 79.9. The molecule has 1 aromatic rings. The van der Waals surface area contributed by atoms with E-state index in [-0.39, 0.29) is 5.82 Å². The van der Waals surface area contributed by atoms with Gasteiger partial charge < -0.3 is 5.32 Å². The lowest BCUT2D eigenvalue weighted by molar-refractivity contribution is 0.621. The average Bonchev–Trinajstić information content (AvgIpc) is 2.22. The van der Waals surface area contributed by atoms with E-state index in [9.17, 15) is 4.39 Å². The van der Waals surface area contributed by atoms with Gasteiger partial charge in [0.1, 0.15) is 5.82 Å². The van der Waals surface area contributed by atoms with Crippen molar-refractivity contribution in [2.24, 2.45) is 4.99 Å². The second-order valence-corrected chi connectivity index (χ2v) is 6.48. The number of benzene rings is 1. The fourth-order valence-corrected chi connectivity index (χ4v) is 3.31. The van der Waals surface area contributed by atoms with Crippen LogP contribution in [0.3, 0.4) is 0 Å². The molecule has 1 aromatic carbocycles. The van der Waals surface area contributed by atoms with Gasteiger partial charge in [-0.1, -0.05) is 18.7 Å². The molecule has 1 N–H and O–H groups in total. The smallest absolute Gasteiger partial charge is 0.161 e. The minimum atomic E-state index is -0.254. The average molecular weight is 317 g/mol. The Balaban J connectivity index is 2.12. The van der Waals surface area contributed by atoms with Crippen molar-refractivity contribution in [2.45, 2.75) is 31.6 Å². The van der Waals surface area contributed by atoms with Crippen LogP contribution in [0, 0.1) is 5.82 Å². The fraction of sp³-hybridized carbons (Fsp3) is 0.417. The quantitative estimate of drug-likeness (QED) is 0.836. The van der Waals surface area contributed by atoms with Gasteiger partial charge in [0.2, 0.25) is 0 Å². The van der Waals surface area contributed by atoms with Crippen molar-refractivity contribution in [1.82, 2.24) is 0 Å². The van der Waals surface area contributed by atoms with Crippen molar-refractivity contribution < 1.29 is 4.39 Å². The number of hydrogen-bond donors (Lipinski definition) is 1. The SMILES string of the molecule is CC1CC(C)SC(Nc2ccc(F)c(Br)c2)=N1. The van der Waals surface area contributed by atoms with Gasteiger partial charge in [0.25, 0.3) is 0 Å². The van der Waals surface area contributed by atoms with E-state index in [1.165, 1.54) is 6.07 Å².